The summed E-state index contributed by atoms with van der Waals surface area (Å²) in [6.45, 7) is 0.918. The molecule has 0 spiro atoms. The smallest absolute Gasteiger partial charge is 0.335 e. The summed E-state index contributed by atoms with van der Waals surface area (Å²) < 4.78 is 6.30. The number of carbonyl (C=O) groups excluding carboxylic acids is 1. The van der Waals surface area contributed by atoms with E-state index in [2.05, 4.69) is 21.2 Å². The molecule has 6 nitrogen and oxygen atoms in total. The molecule has 0 saturated heterocycles. The Hall–Kier alpha value is -2.09. The number of benzene rings is 2. The van der Waals surface area contributed by atoms with Crippen LogP contribution in [-0.4, -0.2) is 23.6 Å². The maximum Gasteiger partial charge on any atom is 0.335 e. The molecule has 25 heavy (non-hydrogen) atoms. The van der Waals surface area contributed by atoms with Crippen LogP contribution in [0.25, 0.3) is 0 Å². The molecule has 0 radical (unpaired) electrons. The summed E-state index contributed by atoms with van der Waals surface area (Å²) >= 11 is 3.40. The number of hydrogen-bond acceptors (Lipinski definition) is 4. The number of rotatable bonds is 8. The van der Waals surface area contributed by atoms with Gasteiger partial charge >= 0.3 is 5.97 Å². The van der Waals surface area contributed by atoms with Gasteiger partial charge in [-0.1, -0.05) is 28.1 Å². The Morgan fingerprint density at radius 2 is 1.80 bits per heavy atom. The van der Waals surface area contributed by atoms with Crippen LogP contribution < -0.4 is 15.8 Å². The Bertz CT molecular complexity index is 738. The van der Waals surface area contributed by atoms with Gasteiger partial charge in [0.25, 0.3) is 5.91 Å². The van der Waals surface area contributed by atoms with Gasteiger partial charge < -0.3 is 20.9 Å². The highest BCUT2D eigenvalue weighted by molar-refractivity contribution is 9.10. The second-order valence-corrected chi connectivity index (χ2v) is 6.03. The Kier molecular flexibility index (Phi) is 8.40. The number of primary amides is 1. The van der Waals surface area contributed by atoms with E-state index < -0.39 is 11.9 Å². The number of halogens is 2. The lowest BCUT2D eigenvalue weighted by Crippen LogP contribution is -2.21. The van der Waals surface area contributed by atoms with Crippen molar-refractivity contribution in [1.29, 1.82) is 0 Å². The molecular formula is C17H18BrClN2O4. The number of carboxylic acids is 1. The van der Waals surface area contributed by atoms with Crippen LogP contribution in [0, 0.1) is 0 Å². The van der Waals surface area contributed by atoms with Gasteiger partial charge in [-0.25, -0.2) is 4.79 Å². The number of nitrogens with two attached hydrogens (primary N) is 1. The minimum absolute atomic E-state index is 0. The first-order valence-corrected chi connectivity index (χ1v) is 7.97. The minimum atomic E-state index is -0.945. The zero-order chi connectivity index (χ0) is 17.5. The monoisotopic (exact) mass is 428 g/mol. The fourth-order valence-electron chi connectivity index (χ4n) is 2.08. The van der Waals surface area contributed by atoms with E-state index in [4.69, 9.17) is 15.6 Å². The summed E-state index contributed by atoms with van der Waals surface area (Å²) in [6.07, 6.45) is 0. The molecule has 8 heteroatoms. The number of aromatic carboxylic acids is 1. The van der Waals surface area contributed by atoms with Gasteiger partial charge in [0.2, 0.25) is 0 Å². The van der Waals surface area contributed by atoms with E-state index in [1.54, 1.807) is 30.3 Å². The van der Waals surface area contributed by atoms with E-state index in [1.807, 2.05) is 12.1 Å². The average Bonchev–Trinajstić information content (AvgIpc) is 2.54. The van der Waals surface area contributed by atoms with E-state index in [-0.39, 0.29) is 24.6 Å². The Morgan fingerprint density at radius 1 is 1.12 bits per heavy atom. The SMILES string of the molecule is Cl.NC(=O)COc1ccc(Br)cc1CNCc1ccc(C(=O)O)cc1. The summed E-state index contributed by atoms with van der Waals surface area (Å²) in [7, 11) is 0. The molecule has 0 atom stereocenters. The van der Waals surface area contributed by atoms with Gasteiger partial charge in [-0.05, 0) is 35.9 Å². The lowest BCUT2D eigenvalue weighted by Gasteiger charge is -2.12. The number of carbonyl (C=O) groups is 2. The second kappa shape index (κ2) is 10.0. The van der Waals surface area contributed by atoms with Crippen LogP contribution in [0.3, 0.4) is 0 Å². The molecule has 0 bridgehead atoms. The molecule has 0 heterocycles. The highest BCUT2D eigenvalue weighted by Gasteiger charge is 2.07. The first-order chi connectivity index (χ1) is 11.5. The summed E-state index contributed by atoms with van der Waals surface area (Å²) in [4.78, 5) is 21.7. The quantitative estimate of drug-likeness (QED) is 0.599. The standard InChI is InChI=1S/C17H17BrN2O4.ClH/c18-14-5-6-15(24-10-16(19)21)13(7-14)9-20-8-11-1-3-12(4-2-11)17(22)23;/h1-7,20H,8-10H2,(H2,19,21)(H,22,23);1H. The maximum absolute atomic E-state index is 10.9. The molecular weight excluding hydrogens is 412 g/mol. The van der Waals surface area contributed by atoms with E-state index in [0.29, 0.717) is 18.8 Å². The van der Waals surface area contributed by atoms with Crippen molar-refractivity contribution in [3.05, 3.63) is 63.6 Å². The van der Waals surface area contributed by atoms with Crippen LogP contribution in [0.4, 0.5) is 0 Å². The van der Waals surface area contributed by atoms with Gasteiger partial charge in [0.15, 0.2) is 6.61 Å². The van der Waals surface area contributed by atoms with Crippen molar-refractivity contribution in [2.75, 3.05) is 6.61 Å². The lowest BCUT2D eigenvalue weighted by molar-refractivity contribution is -0.119. The Labute approximate surface area is 159 Å². The van der Waals surface area contributed by atoms with Gasteiger partial charge in [0.1, 0.15) is 5.75 Å². The first kappa shape index (κ1) is 21.0. The van der Waals surface area contributed by atoms with E-state index in [1.165, 1.54) is 0 Å². The maximum atomic E-state index is 10.9. The molecule has 0 unspecified atom stereocenters. The number of carboxylic acid groups (broad SMARTS) is 1. The fourth-order valence-corrected chi connectivity index (χ4v) is 2.49. The van der Waals surface area contributed by atoms with Crippen molar-refractivity contribution in [2.45, 2.75) is 13.1 Å². The third kappa shape index (κ3) is 6.74. The summed E-state index contributed by atoms with van der Waals surface area (Å²) in [5.41, 5.74) is 7.21. The molecule has 0 aliphatic rings. The Morgan fingerprint density at radius 3 is 2.40 bits per heavy atom. The molecule has 2 aromatic rings. The summed E-state index contributed by atoms with van der Waals surface area (Å²) in [5, 5.41) is 12.1. The van der Waals surface area contributed by atoms with Crippen molar-refractivity contribution >= 4 is 40.2 Å². The largest absolute Gasteiger partial charge is 0.483 e. The molecule has 0 aromatic heterocycles. The third-order valence-electron chi connectivity index (χ3n) is 3.24. The number of amides is 1. The molecule has 0 fully saturated rings. The molecule has 134 valence electrons. The molecule has 0 aliphatic heterocycles. The zero-order valence-electron chi connectivity index (χ0n) is 13.2. The van der Waals surface area contributed by atoms with Crippen molar-refractivity contribution in [3.63, 3.8) is 0 Å². The lowest BCUT2D eigenvalue weighted by atomic mass is 10.1. The molecule has 2 rings (SSSR count). The molecule has 2 aromatic carbocycles. The van der Waals surface area contributed by atoms with Gasteiger partial charge in [0, 0.05) is 23.1 Å². The van der Waals surface area contributed by atoms with Crippen LogP contribution in [0.1, 0.15) is 21.5 Å². The van der Waals surface area contributed by atoms with E-state index in [0.717, 1.165) is 15.6 Å². The highest BCUT2D eigenvalue weighted by atomic mass is 79.9. The highest BCUT2D eigenvalue weighted by Crippen LogP contribution is 2.23. The Balaban J connectivity index is 0.00000312. The normalized spacial score (nSPS) is 9.96. The topological polar surface area (TPSA) is 102 Å². The van der Waals surface area contributed by atoms with Crippen LogP contribution in [0.2, 0.25) is 0 Å². The summed E-state index contributed by atoms with van der Waals surface area (Å²) in [6, 6.07) is 12.2. The number of ether oxygens (including phenoxy) is 1. The van der Waals surface area contributed by atoms with Crippen LogP contribution in [0.15, 0.2) is 46.9 Å². The van der Waals surface area contributed by atoms with E-state index in [9.17, 15) is 9.59 Å². The average molecular weight is 430 g/mol. The predicted molar refractivity (Wildman–Crippen MR) is 100 cm³/mol. The van der Waals surface area contributed by atoms with Gasteiger partial charge in [-0.15, -0.1) is 12.4 Å². The second-order valence-electron chi connectivity index (χ2n) is 5.11. The van der Waals surface area contributed by atoms with Crippen molar-refractivity contribution in [3.8, 4) is 5.75 Å². The molecule has 1 amide bonds. The molecule has 0 saturated carbocycles. The van der Waals surface area contributed by atoms with Crippen LogP contribution in [-0.2, 0) is 17.9 Å². The van der Waals surface area contributed by atoms with Crippen molar-refractivity contribution in [2.24, 2.45) is 5.73 Å². The summed E-state index contributed by atoms with van der Waals surface area (Å²) in [5.74, 6) is -0.888. The van der Waals surface area contributed by atoms with Crippen LogP contribution >= 0.6 is 28.3 Å². The predicted octanol–water partition coefficient (Wildman–Crippen LogP) is 2.72. The third-order valence-corrected chi connectivity index (χ3v) is 3.73. The number of nitrogens with one attached hydrogen (secondary N) is 1. The van der Waals surface area contributed by atoms with Crippen molar-refractivity contribution in [1.82, 2.24) is 5.32 Å². The van der Waals surface area contributed by atoms with Crippen molar-refractivity contribution < 1.29 is 19.4 Å². The molecule has 4 N–H and O–H groups in total. The van der Waals surface area contributed by atoms with Gasteiger partial charge in [0.05, 0.1) is 5.56 Å². The number of hydrogen-bond donors (Lipinski definition) is 3. The molecule has 0 aliphatic carbocycles. The fraction of sp³-hybridized carbons (Fsp3) is 0.176. The first-order valence-electron chi connectivity index (χ1n) is 7.18. The van der Waals surface area contributed by atoms with Gasteiger partial charge in [-0.2, -0.15) is 0 Å². The zero-order valence-corrected chi connectivity index (χ0v) is 15.6. The minimum Gasteiger partial charge on any atom is -0.483 e. The van der Waals surface area contributed by atoms with E-state index >= 15 is 0 Å². The van der Waals surface area contributed by atoms with Crippen LogP contribution in [0.5, 0.6) is 5.75 Å². The van der Waals surface area contributed by atoms with Gasteiger partial charge in [-0.3, -0.25) is 4.79 Å².